The van der Waals surface area contributed by atoms with Gasteiger partial charge in [0.2, 0.25) is 0 Å². The molecule has 1 heterocycles. The number of aliphatic carboxylic acids is 1. The number of carboxylic acid groups (broad SMARTS) is 1. The van der Waals surface area contributed by atoms with E-state index in [1.165, 1.54) is 0 Å². The van der Waals surface area contributed by atoms with E-state index in [2.05, 4.69) is 0 Å². The molecule has 3 heteroatoms. The SMILES string of the molecule is CCCC1O[C@H]1C(=O)O. The van der Waals surface area contributed by atoms with Crippen LogP contribution in [0.25, 0.3) is 0 Å². The van der Waals surface area contributed by atoms with E-state index in [1.54, 1.807) is 0 Å². The van der Waals surface area contributed by atoms with Gasteiger partial charge in [-0.3, -0.25) is 0 Å². The Morgan fingerprint density at radius 2 is 2.44 bits per heavy atom. The lowest BCUT2D eigenvalue weighted by atomic mass is 10.2. The zero-order valence-corrected chi connectivity index (χ0v) is 5.33. The molecule has 1 saturated heterocycles. The summed E-state index contributed by atoms with van der Waals surface area (Å²) in [6, 6.07) is 0. The van der Waals surface area contributed by atoms with E-state index in [0.717, 1.165) is 12.8 Å². The van der Waals surface area contributed by atoms with Crippen molar-refractivity contribution in [2.75, 3.05) is 0 Å². The molecule has 0 spiro atoms. The molecule has 2 atom stereocenters. The molecule has 0 aromatic carbocycles. The predicted octanol–water partition coefficient (Wildman–Crippen LogP) is 0.639. The minimum absolute atomic E-state index is 0.00694. The molecular weight excluding hydrogens is 120 g/mol. The molecule has 1 N–H and O–H groups in total. The van der Waals surface area contributed by atoms with Crippen LogP contribution in [0.15, 0.2) is 0 Å². The predicted molar refractivity (Wildman–Crippen MR) is 31.2 cm³/mol. The highest BCUT2D eigenvalue weighted by atomic mass is 16.6. The number of hydrogen-bond donors (Lipinski definition) is 1. The Morgan fingerprint density at radius 1 is 1.78 bits per heavy atom. The zero-order valence-electron chi connectivity index (χ0n) is 5.33. The van der Waals surface area contributed by atoms with Crippen LogP contribution < -0.4 is 0 Å². The molecule has 9 heavy (non-hydrogen) atoms. The highest BCUT2D eigenvalue weighted by molar-refractivity contribution is 5.75. The smallest absolute Gasteiger partial charge is 0.335 e. The van der Waals surface area contributed by atoms with Crippen LogP contribution in [0.4, 0.5) is 0 Å². The summed E-state index contributed by atoms with van der Waals surface area (Å²) >= 11 is 0. The van der Waals surface area contributed by atoms with E-state index in [9.17, 15) is 4.79 Å². The summed E-state index contributed by atoms with van der Waals surface area (Å²) in [5.74, 6) is -0.826. The molecule has 1 unspecified atom stereocenters. The minimum Gasteiger partial charge on any atom is -0.479 e. The van der Waals surface area contributed by atoms with Crippen LogP contribution in [-0.2, 0) is 9.53 Å². The van der Waals surface area contributed by atoms with E-state index in [0.29, 0.717) is 0 Å². The number of rotatable bonds is 3. The molecule has 1 aliphatic rings. The Labute approximate surface area is 53.6 Å². The van der Waals surface area contributed by atoms with Gasteiger partial charge in [-0.2, -0.15) is 0 Å². The first kappa shape index (κ1) is 6.55. The second-order valence-electron chi connectivity index (χ2n) is 2.22. The third-order valence-corrected chi connectivity index (χ3v) is 1.40. The summed E-state index contributed by atoms with van der Waals surface area (Å²) in [4.78, 5) is 10.1. The molecule has 3 nitrogen and oxygen atoms in total. The minimum atomic E-state index is -0.826. The molecule has 0 bridgehead atoms. The Balaban J connectivity index is 2.17. The first-order chi connectivity index (χ1) is 4.25. The first-order valence-corrected chi connectivity index (χ1v) is 3.14. The summed E-state index contributed by atoms with van der Waals surface area (Å²) in [7, 11) is 0. The van der Waals surface area contributed by atoms with Gasteiger partial charge >= 0.3 is 5.97 Å². The van der Waals surface area contributed by atoms with Crippen molar-refractivity contribution in [1.29, 1.82) is 0 Å². The Kier molecular flexibility index (Phi) is 1.71. The summed E-state index contributed by atoms with van der Waals surface area (Å²) in [6.45, 7) is 2.01. The van der Waals surface area contributed by atoms with Crippen molar-refractivity contribution in [1.82, 2.24) is 0 Å². The summed E-state index contributed by atoms with van der Waals surface area (Å²) in [5, 5.41) is 8.33. The van der Waals surface area contributed by atoms with Gasteiger partial charge in [-0.15, -0.1) is 0 Å². The zero-order chi connectivity index (χ0) is 6.85. The third-order valence-electron chi connectivity index (χ3n) is 1.40. The summed E-state index contributed by atoms with van der Waals surface area (Å²) in [5.41, 5.74) is 0. The largest absolute Gasteiger partial charge is 0.479 e. The van der Waals surface area contributed by atoms with Gasteiger partial charge in [0.05, 0.1) is 6.10 Å². The maximum atomic E-state index is 10.1. The van der Waals surface area contributed by atoms with Crippen LogP contribution in [0.1, 0.15) is 19.8 Å². The maximum Gasteiger partial charge on any atom is 0.335 e. The monoisotopic (exact) mass is 130 g/mol. The second kappa shape index (κ2) is 2.35. The molecule has 1 rings (SSSR count). The van der Waals surface area contributed by atoms with Gasteiger partial charge < -0.3 is 9.84 Å². The van der Waals surface area contributed by atoms with Gasteiger partial charge in [0.25, 0.3) is 0 Å². The van der Waals surface area contributed by atoms with Gasteiger partial charge in [-0.1, -0.05) is 13.3 Å². The van der Waals surface area contributed by atoms with Crippen molar-refractivity contribution < 1.29 is 14.6 Å². The fraction of sp³-hybridized carbons (Fsp3) is 0.833. The molecule has 0 aromatic rings. The molecule has 0 aliphatic carbocycles. The van der Waals surface area contributed by atoms with Crippen molar-refractivity contribution in [3.05, 3.63) is 0 Å². The summed E-state index contributed by atoms with van der Waals surface area (Å²) < 4.78 is 4.82. The standard InChI is InChI=1S/C6H10O3/c1-2-3-4-5(9-4)6(7)8/h4-5H,2-3H2,1H3,(H,7,8)/t4?,5-/m1/s1. The van der Waals surface area contributed by atoms with Crippen LogP contribution in [-0.4, -0.2) is 23.3 Å². The third kappa shape index (κ3) is 1.42. The van der Waals surface area contributed by atoms with E-state index in [-0.39, 0.29) is 6.10 Å². The lowest BCUT2D eigenvalue weighted by Crippen LogP contribution is -2.07. The van der Waals surface area contributed by atoms with Crippen molar-refractivity contribution in [2.24, 2.45) is 0 Å². The quantitative estimate of drug-likeness (QED) is 0.570. The average molecular weight is 130 g/mol. The van der Waals surface area contributed by atoms with E-state index in [1.807, 2.05) is 6.92 Å². The van der Waals surface area contributed by atoms with Crippen LogP contribution in [0.3, 0.4) is 0 Å². The molecule has 0 amide bonds. The molecule has 0 aromatic heterocycles. The number of ether oxygens (including phenoxy) is 1. The molecule has 0 radical (unpaired) electrons. The van der Waals surface area contributed by atoms with Crippen molar-refractivity contribution in [2.45, 2.75) is 32.0 Å². The molecule has 1 fully saturated rings. The number of carbonyl (C=O) groups is 1. The van der Waals surface area contributed by atoms with Crippen molar-refractivity contribution in [3.8, 4) is 0 Å². The Bertz CT molecular complexity index is 121. The number of hydrogen-bond acceptors (Lipinski definition) is 2. The summed E-state index contributed by atoms with van der Waals surface area (Å²) in [6.07, 6.45) is 1.38. The van der Waals surface area contributed by atoms with E-state index >= 15 is 0 Å². The highest BCUT2D eigenvalue weighted by Gasteiger charge is 2.43. The fourth-order valence-electron chi connectivity index (χ4n) is 0.864. The fourth-order valence-corrected chi connectivity index (χ4v) is 0.864. The highest BCUT2D eigenvalue weighted by Crippen LogP contribution is 2.26. The topological polar surface area (TPSA) is 49.8 Å². The average Bonchev–Trinajstić information content (AvgIpc) is 2.47. The van der Waals surface area contributed by atoms with Crippen LogP contribution in [0.2, 0.25) is 0 Å². The first-order valence-electron chi connectivity index (χ1n) is 3.14. The van der Waals surface area contributed by atoms with Crippen molar-refractivity contribution in [3.63, 3.8) is 0 Å². The number of carboxylic acids is 1. The molecule has 1 aliphatic heterocycles. The second-order valence-corrected chi connectivity index (χ2v) is 2.22. The van der Waals surface area contributed by atoms with Crippen molar-refractivity contribution >= 4 is 5.97 Å². The maximum absolute atomic E-state index is 10.1. The Morgan fingerprint density at radius 3 is 2.78 bits per heavy atom. The van der Waals surface area contributed by atoms with Crippen LogP contribution in [0.5, 0.6) is 0 Å². The van der Waals surface area contributed by atoms with E-state index in [4.69, 9.17) is 9.84 Å². The number of epoxide rings is 1. The lowest BCUT2D eigenvalue weighted by Gasteiger charge is -1.83. The molecular formula is C6H10O3. The van der Waals surface area contributed by atoms with Gasteiger partial charge in [0.1, 0.15) is 0 Å². The molecule has 52 valence electrons. The molecule has 0 saturated carbocycles. The lowest BCUT2D eigenvalue weighted by molar-refractivity contribution is -0.138. The van der Waals surface area contributed by atoms with Gasteiger partial charge in [0, 0.05) is 0 Å². The Hall–Kier alpha value is -0.570. The van der Waals surface area contributed by atoms with Gasteiger partial charge in [-0.25, -0.2) is 4.79 Å². The van der Waals surface area contributed by atoms with Gasteiger partial charge in [0.15, 0.2) is 6.10 Å². The van der Waals surface area contributed by atoms with Crippen LogP contribution >= 0.6 is 0 Å². The van der Waals surface area contributed by atoms with Crippen LogP contribution in [0, 0.1) is 0 Å². The van der Waals surface area contributed by atoms with Gasteiger partial charge in [-0.05, 0) is 6.42 Å². The van der Waals surface area contributed by atoms with E-state index < -0.39 is 12.1 Å². The normalized spacial score (nSPS) is 32.1.